The highest BCUT2D eigenvalue weighted by Gasteiger charge is 2.31. The minimum absolute atomic E-state index is 0.256. The standard InChI is InChI=1S/C9H16F2N4O3S/c1-2-3-15-4-7(8(12)14-15)19(17,18)13-5-9(10,11)6-16/h4,13,16H,2-3,5-6H2,1H3,(H2,12,14). The Balaban J connectivity index is 2.88. The number of nitrogens with one attached hydrogen (secondary N) is 1. The molecule has 4 N–H and O–H groups in total. The molecule has 0 amide bonds. The van der Waals surface area contributed by atoms with Crippen LogP contribution in [0.25, 0.3) is 0 Å². The van der Waals surface area contributed by atoms with E-state index in [0.29, 0.717) is 6.54 Å². The van der Waals surface area contributed by atoms with Gasteiger partial charge in [-0.15, -0.1) is 0 Å². The summed E-state index contributed by atoms with van der Waals surface area (Å²) < 4.78 is 52.2. The van der Waals surface area contributed by atoms with Crippen LogP contribution in [0.2, 0.25) is 0 Å². The number of nitrogens with zero attached hydrogens (tertiary/aromatic N) is 2. The zero-order chi connectivity index (χ0) is 14.7. The fraction of sp³-hybridized carbons (Fsp3) is 0.667. The van der Waals surface area contributed by atoms with E-state index < -0.39 is 29.1 Å². The van der Waals surface area contributed by atoms with E-state index in [1.807, 2.05) is 6.92 Å². The van der Waals surface area contributed by atoms with Gasteiger partial charge >= 0.3 is 0 Å². The van der Waals surface area contributed by atoms with E-state index in [4.69, 9.17) is 10.8 Å². The molecule has 19 heavy (non-hydrogen) atoms. The number of hydrogen-bond acceptors (Lipinski definition) is 5. The summed E-state index contributed by atoms with van der Waals surface area (Å²) in [5, 5.41) is 12.1. The number of alkyl halides is 2. The minimum Gasteiger partial charge on any atom is -0.390 e. The molecule has 0 saturated heterocycles. The summed E-state index contributed by atoms with van der Waals surface area (Å²) in [5.41, 5.74) is 5.44. The summed E-state index contributed by atoms with van der Waals surface area (Å²) in [6.45, 7) is -0.317. The maximum atomic E-state index is 12.8. The predicted octanol–water partition coefficient (Wildman–Crippen LogP) is -0.219. The van der Waals surface area contributed by atoms with Gasteiger partial charge in [-0.3, -0.25) is 4.68 Å². The van der Waals surface area contributed by atoms with Crippen LogP contribution in [-0.2, 0) is 16.6 Å². The molecule has 10 heteroatoms. The Labute approximate surface area is 109 Å². The minimum atomic E-state index is -4.18. The number of hydrogen-bond donors (Lipinski definition) is 3. The first kappa shape index (κ1) is 15.8. The van der Waals surface area contributed by atoms with E-state index in [1.54, 1.807) is 4.72 Å². The highest BCUT2D eigenvalue weighted by atomic mass is 32.2. The van der Waals surface area contributed by atoms with Crippen molar-refractivity contribution in [2.75, 3.05) is 18.9 Å². The highest BCUT2D eigenvalue weighted by Crippen LogP contribution is 2.18. The summed E-state index contributed by atoms with van der Waals surface area (Å²) in [6, 6.07) is 0. The zero-order valence-corrected chi connectivity index (χ0v) is 11.1. The maximum absolute atomic E-state index is 12.8. The van der Waals surface area contributed by atoms with Crippen molar-refractivity contribution in [3.8, 4) is 0 Å². The Kier molecular flexibility index (Phi) is 4.82. The molecule has 1 rings (SSSR count). The van der Waals surface area contributed by atoms with Crippen LogP contribution < -0.4 is 10.5 Å². The number of nitrogen functional groups attached to an aromatic ring is 1. The molecule has 0 unspecified atom stereocenters. The van der Waals surface area contributed by atoms with Gasteiger partial charge in [0.2, 0.25) is 10.0 Å². The average molecular weight is 298 g/mol. The van der Waals surface area contributed by atoms with Gasteiger partial charge in [0.15, 0.2) is 5.82 Å². The van der Waals surface area contributed by atoms with Crippen molar-refractivity contribution in [1.82, 2.24) is 14.5 Å². The van der Waals surface area contributed by atoms with Gasteiger partial charge < -0.3 is 10.8 Å². The molecule has 0 atom stereocenters. The van der Waals surface area contributed by atoms with Crippen molar-refractivity contribution in [2.45, 2.75) is 30.7 Å². The van der Waals surface area contributed by atoms with Crippen LogP contribution in [0.3, 0.4) is 0 Å². The summed E-state index contributed by atoms with van der Waals surface area (Å²) in [4.78, 5) is -0.352. The maximum Gasteiger partial charge on any atom is 0.283 e. The molecule has 1 aromatic rings. The lowest BCUT2D eigenvalue weighted by Crippen LogP contribution is -2.39. The molecular formula is C9H16F2N4O3S. The van der Waals surface area contributed by atoms with Gasteiger partial charge in [0.25, 0.3) is 5.92 Å². The van der Waals surface area contributed by atoms with Crippen molar-refractivity contribution >= 4 is 15.8 Å². The number of halogens is 2. The molecule has 0 radical (unpaired) electrons. The Morgan fingerprint density at radius 1 is 1.58 bits per heavy atom. The quantitative estimate of drug-likeness (QED) is 0.644. The van der Waals surface area contributed by atoms with Crippen molar-refractivity contribution in [3.63, 3.8) is 0 Å². The Bertz CT molecular complexity index is 530. The third-order valence-electron chi connectivity index (χ3n) is 2.25. The fourth-order valence-electron chi connectivity index (χ4n) is 1.30. The molecule has 0 fully saturated rings. The average Bonchev–Trinajstić information content (AvgIpc) is 2.70. The van der Waals surface area contributed by atoms with Gasteiger partial charge in [-0.05, 0) is 6.42 Å². The lowest BCUT2D eigenvalue weighted by molar-refractivity contribution is -0.0437. The van der Waals surface area contributed by atoms with Crippen molar-refractivity contribution in [3.05, 3.63) is 6.20 Å². The Morgan fingerprint density at radius 3 is 2.74 bits per heavy atom. The summed E-state index contributed by atoms with van der Waals surface area (Å²) in [7, 11) is -4.18. The summed E-state index contributed by atoms with van der Waals surface area (Å²) in [5.74, 6) is -3.78. The first-order chi connectivity index (χ1) is 8.72. The second-order valence-corrected chi connectivity index (χ2v) is 5.72. The smallest absolute Gasteiger partial charge is 0.283 e. The highest BCUT2D eigenvalue weighted by molar-refractivity contribution is 7.89. The van der Waals surface area contributed by atoms with Crippen molar-refractivity contribution in [1.29, 1.82) is 0 Å². The normalized spacial score (nSPS) is 12.8. The SMILES string of the molecule is CCCn1cc(S(=O)(=O)NCC(F)(F)CO)c(N)n1. The predicted molar refractivity (Wildman–Crippen MR) is 64.2 cm³/mol. The molecule has 7 nitrogen and oxygen atoms in total. The lowest BCUT2D eigenvalue weighted by atomic mass is 10.4. The van der Waals surface area contributed by atoms with Crippen LogP contribution in [0, 0.1) is 0 Å². The third-order valence-corrected chi connectivity index (χ3v) is 3.67. The van der Waals surface area contributed by atoms with Gasteiger partial charge in [0.05, 0.1) is 6.54 Å². The lowest BCUT2D eigenvalue weighted by Gasteiger charge is -2.13. The molecular weight excluding hydrogens is 282 g/mol. The summed E-state index contributed by atoms with van der Waals surface area (Å²) in [6.07, 6.45) is 1.90. The van der Waals surface area contributed by atoms with E-state index in [-0.39, 0.29) is 10.7 Å². The largest absolute Gasteiger partial charge is 0.390 e. The Hall–Kier alpha value is -1.26. The molecule has 1 aromatic heterocycles. The fourth-order valence-corrected chi connectivity index (χ4v) is 2.44. The van der Waals surface area contributed by atoms with E-state index in [2.05, 4.69) is 5.10 Å². The van der Waals surface area contributed by atoms with Crippen LogP contribution in [0.15, 0.2) is 11.1 Å². The topological polar surface area (TPSA) is 110 Å². The van der Waals surface area contributed by atoms with Crippen LogP contribution in [0.4, 0.5) is 14.6 Å². The van der Waals surface area contributed by atoms with Crippen LogP contribution in [0.1, 0.15) is 13.3 Å². The molecule has 0 spiro atoms. The van der Waals surface area contributed by atoms with Crippen molar-refractivity contribution in [2.24, 2.45) is 0 Å². The molecule has 0 aliphatic rings. The molecule has 110 valence electrons. The number of nitrogens with two attached hydrogens (primary N) is 1. The number of aliphatic hydroxyl groups is 1. The third kappa shape index (κ3) is 4.11. The molecule has 0 aliphatic heterocycles. The van der Waals surface area contributed by atoms with Gasteiger partial charge in [0, 0.05) is 12.7 Å². The van der Waals surface area contributed by atoms with E-state index in [9.17, 15) is 17.2 Å². The number of sulfonamides is 1. The van der Waals surface area contributed by atoms with Crippen LogP contribution in [-0.4, -0.2) is 42.4 Å². The monoisotopic (exact) mass is 298 g/mol. The van der Waals surface area contributed by atoms with E-state index in [1.165, 1.54) is 10.9 Å². The summed E-state index contributed by atoms with van der Waals surface area (Å²) >= 11 is 0. The van der Waals surface area contributed by atoms with Crippen LogP contribution >= 0.6 is 0 Å². The number of aliphatic hydroxyl groups excluding tert-OH is 1. The molecule has 1 heterocycles. The number of aryl methyl sites for hydroxylation is 1. The van der Waals surface area contributed by atoms with Gasteiger partial charge in [0.1, 0.15) is 11.5 Å². The number of aromatic nitrogens is 2. The molecule has 0 bridgehead atoms. The van der Waals surface area contributed by atoms with Gasteiger partial charge in [-0.25, -0.2) is 21.9 Å². The first-order valence-electron chi connectivity index (χ1n) is 5.53. The first-order valence-corrected chi connectivity index (χ1v) is 7.01. The zero-order valence-electron chi connectivity index (χ0n) is 10.3. The molecule has 0 aliphatic carbocycles. The van der Waals surface area contributed by atoms with Gasteiger partial charge in [-0.2, -0.15) is 5.10 Å². The van der Waals surface area contributed by atoms with Crippen molar-refractivity contribution < 1.29 is 22.3 Å². The number of rotatable bonds is 7. The molecule has 0 saturated carbocycles. The van der Waals surface area contributed by atoms with Crippen LogP contribution in [0.5, 0.6) is 0 Å². The second-order valence-electron chi connectivity index (χ2n) is 3.98. The van der Waals surface area contributed by atoms with Gasteiger partial charge in [-0.1, -0.05) is 6.92 Å². The second kappa shape index (κ2) is 5.80. The van der Waals surface area contributed by atoms with E-state index >= 15 is 0 Å². The molecule has 0 aromatic carbocycles. The number of anilines is 1. The van der Waals surface area contributed by atoms with E-state index in [0.717, 1.165) is 6.42 Å². The Morgan fingerprint density at radius 2 is 2.21 bits per heavy atom.